The van der Waals surface area contributed by atoms with Gasteiger partial charge in [0.1, 0.15) is 5.82 Å². The monoisotopic (exact) mass is 360 g/mol. The third-order valence-corrected chi connectivity index (χ3v) is 3.81. The van der Waals surface area contributed by atoms with Crippen LogP contribution in [0, 0.1) is 0 Å². The Kier molecular flexibility index (Phi) is 8.15. The van der Waals surface area contributed by atoms with E-state index in [1.54, 1.807) is 17.9 Å². The maximum atomic E-state index is 12.8. The van der Waals surface area contributed by atoms with Gasteiger partial charge in [-0.15, -0.1) is 0 Å². The number of nitrogens with two attached hydrogens (primary N) is 1. The van der Waals surface area contributed by atoms with Crippen LogP contribution in [-0.4, -0.2) is 60.3 Å². The first-order valence-corrected chi connectivity index (χ1v) is 8.45. The zero-order valence-corrected chi connectivity index (χ0v) is 15.0. The first-order chi connectivity index (χ1) is 11.7. The number of alkyl halides is 3. The van der Waals surface area contributed by atoms with Crippen molar-refractivity contribution in [2.24, 2.45) is 10.7 Å². The molecule has 0 aliphatic carbocycles. The molecular weight excluding hydrogens is 333 g/mol. The Bertz CT molecular complexity index is 531. The number of hydrogen-bond acceptors (Lipinski definition) is 4. The molecule has 0 radical (unpaired) electrons. The number of rotatable bonds is 6. The molecule has 1 heterocycles. The quantitative estimate of drug-likeness (QED) is 0.741. The summed E-state index contributed by atoms with van der Waals surface area (Å²) in [7, 11) is 0. The average Bonchev–Trinajstić information content (AvgIpc) is 2.52. The van der Waals surface area contributed by atoms with Crippen LogP contribution in [0.4, 0.5) is 13.2 Å². The van der Waals surface area contributed by atoms with Crippen LogP contribution in [0.25, 0.3) is 0 Å². The third kappa shape index (κ3) is 6.89. The second kappa shape index (κ2) is 9.60. The van der Waals surface area contributed by atoms with Crippen molar-refractivity contribution < 1.29 is 18.0 Å². The van der Waals surface area contributed by atoms with E-state index in [1.165, 1.54) is 6.92 Å². The molecule has 142 valence electrons. The maximum absolute atomic E-state index is 12.8. The van der Waals surface area contributed by atoms with Crippen molar-refractivity contribution in [3.8, 4) is 0 Å². The highest BCUT2D eigenvalue weighted by Gasteiger charge is 2.32. The summed E-state index contributed by atoms with van der Waals surface area (Å²) in [4.78, 5) is 19.7. The second-order valence-corrected chi connectivity index (χ2v) is 6.02. The van der Waals surface area contributed by atoms with Crippen LogP contribution in [0.5, 0.6) is 0 Å². The van der Waals surface area contributed by atoms with Crippen LogP contribution in [0.2, 0.25) is 0 Å². The summed E-state index contributed by atoms with van der Waals surface area (Å²) in [6.07, 6.45) is 0.186. The van der Waals surface area contributed by atoms with Gasteiger partial charge in [0.2, 0.25) is 5.91 Å². The standard InChI is InChI=1S/C17H27F3N4O/c1-4-6-15(22-12-14(5-2)17(18,19)20)23-7-9-24(10-8-23)16(25)11-13(3)21/h5-6,12-13H,4,7-11,21H2,1-3H3/b14-5+,15-6-,22-12-. The number of carbonyl (C=O) groups is 1. The molecule has 1 rings (SSSR count). The molecule has 1 aliphatic heterocycles. The number of carbonyl (C=O) groups excluding carboxylic acids is 1. The van der Waals surface area contributed by atoms with Gasteiger partial charge in [0.05, 0.1) is 5.57 Å². The Hall–Kier alpha value is -1.83. The zero-order valence-electron chi connectivity index (χ0n) is 15.0. The van der Waals surface area contributed by atoms with E-state index in [1.807, 2.05) is 11.8 Å². The van der Waals surface area contributed by atoms with Crippen LogP contribution in [0.15, 0.2) is 28.5 Å². The molecule has 2 N–H and O–H groups in total. The Morgan fingerprint density at radius 2 is 1.80 bits per heavy atom. The molecule has 0 aromatic carbocycles. The average molecular weight is 360 g/mol. The van der Waals surface area contributed by atoms with Gasteiger partial charge in [-0.3, -0.25) is 4.79 Å². The van der Waals surface area contributed by atoms with E-state index in [0.717, 1.165) is 12.3 Å². The molecule has 25 heavy (non-hydrogen) atoms. The summed E-state index contributed by atoms with van der Waals surface area (Å²) in [6.45, 7) is 7.11. The molecule has 0 bridgehead atoms. The molecule has 1 atom stereocenters. The minimum absolute atomic E-state index is 0.00689. The number of allylic oxidation sites excluding steroid dienone is 3. The Labute approximate surface area is 147 Å². The first-order valence-electron chi connectivity index (χ1n) is 8.45. The van der Waals surface area contributed by atoms with E-state index in [0.29, 0.717) is 44.8 Å². The summed E-state index contributed by atoms with van der Waals surface area (Å²) >= 11 is 0. The lowest BCUT2D eigenvalue weighted by molar-refractivity contribution is -0.133. The van der Waals surface area contributed by atoms with E-state index in [2.05, 4.69) is 4.99 Å². The summed E-state index contributed by atoms with van der Waals surface area (Å²) in [5.41, 5.74) is 4.87. The fourth-order valence-corrected chi connectivity index (χ4v) is 2.48. The van der Waals surface area contributed by atoms with Gasteiger partial charge in [0, 0.05) is 44.9 Å². The predicted molar refractivity (Wildman–Crippen MR) is 93.1 cm³/mol. The number of aliphatic imine (C=N–C) groups is 1. The fourth-order valence-electron chi connectivity index (χ4n) is 2.48. The largest absolute Gasteiger partial charge is 0.417 e. The lowest BCUT2D eigenvalue weighted by atomic mass is 10.2. The van der Waals surface area contributed by atoms with Crippen molar-refractivity contribution >= 4 is 12.1 Å². The normalized spacial score (nSPS) is 18.8. The molecular formula is C17H27F3N4O. The highest BCUT2D eigenvalue weighted by Crippen LogP contribution is 2.24. The number of piperazine rings is 1. The van der Waals surface area contributed by atoms with Crippen molar-refractivity contribution in [1.29, 1.82) is 0 Å². The molecule has 0 saturated carbocycles. The first kappa shape index (κ1) is 21.2. The lowest BCUT2D eigenvalue weighted by Gasteiger charge is -2.36. The van der Waals surface area contributed by atoms with Crippen LogP contribution in [0.3, 0.4) is 0 Å². The van der Waals surface area contributed by atoms with Gasteiger partial charge in [-0.25, -0.2) is 4.99 Å². The Balaban J connectivity index is 2.74. The summed E-state index contributed by atoms with van der Waals surface area (Å²) in [5.74, 6) is 0.512. The van der Waals surface area contributed by atoms with Crippen LogP contribution < -0.4 is 5.73 Å². The molecule has 0 aromatic rings. The van der Waals surface area contributed by atoms with Gasteiger partial charge in [0.15, 0.2) is 0 Å². The fraction of sp³-hybridized carbons (Fsp3) is 0.647. The van der Waals surface area contributed by atoms with Crippen LogP contribution in [0.1, 0.15) is 33.6 Å². The van der Waals surface area contributed by atoms with Gasteiger partial charge in [-0.1, -0.05) is 13.0 Å². The van der Waals surface area contributed by atoms with Gasteiger partial charge in [-0.2, -0.15) is 13.2 Å². The van der Waals surface area contributed by atoms with E-state index < -0.39 is 11.7 Å². The number of hydrogen-bond donors (Lipinski definition) is 1. The molecule has 1 saturated heterocycles. The molecule has 5 nitrogen and oxygen atoms in total. The molecule has 1 unspecified atom stereocenters. The van der Waals surface area contributed by atoms with Crippen LogP contribution in [-0.2, 0) is 4.79 Å². The van der Waals surface area contributed by atoms with E-state index in [9.17, 15) is 18.0 Å². The predicted octanol–water partition coefficient (Wildman–Crippen LogP) is 2.70. The highest BCUT2D eigenvalue weighted by atomic mass is 19.4. The number of halogens is 3. The minimum atomic E-state index is -4.42. The molecule has 1 fully saturated rings. The van der Waals surface area contributed by atoms with Gasteiger partial charge < -0.3 is 15.5 Å². The van der Waals surface area contributed by atoms with E-state index >= 15 is 0 Å². The lowest BCUT2D eigenvalue weighted by Crippen LogP contribution is -2.48. The zero-order chi connectivity index (χ0) is 19.0. The molecule has 1 amide bonds. The molecule has 1 aliphatic rings. The van der Waals surface area contributed by atoms with Crippen molar-refractivity contribution in [1.82, 2.24) is 9.80 Å². The van der Waals surface area contributed by atoms with E-state index in [4.69, 9.17) is 5.73 Å². The van der Waals surface area contributed by atoms with Crippen molar-refractivity contribution in [2.45, 2.75) is 45.8 Å². The van der Waals surface area contributed by atoms with Gasteiger partial charge >= 0.3 is 6.18 Å². The number of amides is 1. The third-order valence-electron chi connectivity index (χ3n) is 3.81. The minimum Gasteiger partial charge on any atom is -0.353 e. The van der Waals surface area contributed by atoms with Crippen molar-refractivity contribution in [3.05, 3.63) is 23.5 Å². The number of nitrogens with zero attached hydrogens (tertiary/aromatic N) is 3. The smallest absolute Gasteiger partial charge is 0.353 e. The van der Waals surface area contributed by atoms with E-state index in [-0.39, 0.29) is 11.9 Å². The second-order valence-electron chi connectivity index (χ2n) is 6.02. The highest BCUT2D eigenvalue weighted by molar-refractivity contribution is 5.81. The summed E-state index contributed by atoms with van der Waals surface area (Å²) < 4.78 is 38.4. The van der Waals surface area contributed by atoms with Gasteiger partial charge in [0.25, 0.3) is 0 Å². The molecule has 0 spiro atoms. The molecule has 8 heteroatoms. The van der Waals surface area contributed by atoms with Gasteiger partial charge in [-0.05, 0) is 26.3 Å². The van der Waals surface area contributed by atoms with Crippen LogP contribution >= 0.6 is 0 Å². The van der Waals surface area contributed by atoms with Crippen molar-refractivity contribution in [3.63, 3.8) is 0 Å². The SMILES string of the molecule is C\C=C(/C=N\C(=C\CC)N1CCN(C(=O)CC(C)N)CC1)C(F)(F)F. The Morgan fingerprint density at radius 1 is 1.24 bits per heavy atom. The maximum Gasteiger partial charge on any atom is 0.417 e. The summed E-state index contributed by atoms with van der Waals surface area (Å²) in [6, 6.07) is -0.188. The molecule has 0 aromatic heterocycles. The summed E-state index contributed by atoms with van der Waals surface area (Å²) in [5, 5.41) is 0. The van der Waals surface area contributed by atoms with Crippen molar-refractivity contribution in [2.75, 3.05) is 26.2 Å². The Morgan fingerprint density at radius 3 is 2.24 bits per heavy atom. The topological polar surface area (TPSA) is 61.9 Å².